The van der Waals surface area contributed by atoms with Crippen molar-refractivity contribution >= 4 is 5.91 Å². The van der Waals surface area contributed by atoms with E-state index in [0.29, 0.717) is 5.56 Å². The molecule has 1 atom stereocenters. The maximum atomic E-state index is 14.9. The van der Waals surface area contributed by atoms with Crippen LogP contribution in [0.5, 0.6) is 5.75 Å². The Labute approximate surface area is 222 Å². The Kier molecular flexibility index (Phi) is 9.35. The van der Waals surface area contributed by atoms with Gasteiger partial charge in [0.15, 0.2) is 0 Å². The average Bonchev–Trinajstić information content (AvgIpc) is 2.93. The minimum absolute atomic E-state index is 0.131. The number of nitrogens with zero attached hydrogens (tertiary/aromatic N) is 2. The van der Waals surface area contributed by atoms with Gasteiger partial charge in [-0.2, -0.15) is 0 Å². The molecule has 4 rings (SSSR count). The first kappa shape index (κ1) is 27.9. The zero-order chi connectivity index (χ0) is 27.8. The zero-order valence-electron chi connectivity index (χ0n) is 20.9. The second kappa shape index (κ2) is 13.1. The number of hydrogen-bond donors (Lipinski definition) is 3. The number of amides is 1. The number of aromatic nitrogens is 2. The Morgan fingerprint density at radius 3 is 2.54 bits per heavy atom. The molecule has 0 radical (unpaired) electrons. The van der Waals surface area contributed by atoms with Crippen LogP contribution in [0.15, 0.2) is 53.6 Å². The maximum Gasteiger partial charge on any atom is 0.293 e. The molecule has 1 aliphatic heterocycles. The topological polar surface area (TPSA) is 108 Å². The van der Waals surface area contributed by atoms with Crippen molar-refractivity contribution in [2.24, 2.45) is 0 Å². The number of carbonyl (C=O) groups is 1. The summed E-state index contributed by atoms with van der Waals surface area (Å²) in [4.78, 5) is 32.8. The van der Waals surface area contributed by atoms with E-state index in [9.17, 15) is 27.9 Å². The third-order valence-electron chi connectivity index (χ3n) is 6.21. The molecule has 1 fully saturated rings. The summed E-state index contributed by atoms with van der Waals surface area (Å²) >= 11 is 0. The summed E-state index contributed by atoms with van der Waals surface area (Å²) in [7, 11) is 0. The minimum Gasteiger partial charge on any atom is -0.502 e. The van der Waals surface area contributed by atoms with Crippen molar-refractivity contribution in [2.75, 3.05) is 32.8 Å². The molecule has 2 aromatic carbocycles. The molecule has 0 bridgehead atoms. The first-order valence-corrected chi connectivity index (χ1v) is 12.3. The van der Waals surface area contributed by atoms with Gasteiger partial charge in [0.05, 0.1) is 37.6 Å². The third-order valence-corrected chi connectivity index (χ3v) is 6.21. The van der Waals surface area contributed by atoms with E-state index in [2.05, 4.69) is 32.0 Å². The van der Waals surface area contributed by atoms with Crippen molar-refractivity contribution in [1.29, 1.82) is 0 Å². The largest absolute Gasteiger partial charge is 0.502 e. The number of ether oxygens (including phenoxy) is 1. The number of hydrogen-bond acceptors (Lipinski definition) is 6. The molecule has 0 spiro atoms. The van der Waals surface area contributed by atoms with Gasteiger partial charge in [-0.1, -0.05) is 30.0 Å². The summed E-state index contributed by atoms with van der Waals surface area (Å²) in [6.45, 7) is 3.13. The summed E-state index contributed by atoms with van der Waals surface area (Å²) in [5.74, 6) is 2.10. The number of benzene rings is 2. The molecule has 1 aromatic heterocycles. The smallest absolute Gasteiger partial charge is 0.293 e. The molecule has 2 heterocycles. The van der Waals surface area contributed by atoms with Crippen LogP contribution in [0.3, 0.4) is 0 Å². The Bertz CT molecular complexity index is 1410. The van der Waals surface area contributed by atoms with Gasteiger partial charge < -0.3 is 20.1 Å². The van der Waals surface area contributed by atoms with Crippen LogP contribution >= 0.6 is 0 Å². The van der Waals surface area contributed by atoms with Gasteiger partial charge in [0.1, 0.15) is 11.5 Å². The molecular formula is C28H27F3N4O4. The van der Waals surface area contributed by atoms with Gasteiger partial charge in [-0.05, 0) is 41.8 Å². The van der Waals surface area contributed by atoms with E-state index < -0.39 is 41.9 Å². The fourth-order valence-electron chi connectivity index (χ4n) is 4.15. The van der Waals surface area contributed by atoms with E-state index in [1.54, 1.807) is 0 Å². The first-order chi connectivity index (χ1) is 18.8. The molecule has 0 aliphatic carbocycles. The number of carbonyl (C=O) groups excluding carboxylic acids is 1. The van der Waals surface area contributed by atoms with E-state index >= 15 is 0 Å². The number of alkyl halides is 2. The van der Waals surface area contributed by atoms with Crippen molar-refractivity contribution in [3.63, 3.8) is 0 Å². The van der Waals surface area contributed by atoms with Crippen LogP contribution in [0.1, 0.15) is 33.9 Å². The summed E-state index contributed by atoms with van der Waals surface area (Å²) in [6, 6.07) is 11.9. The second-order valence-electron chi connectivity index (χ2n) is 9.01. The first-order valence-electron chi connectivity index (χ1n) is 12.3. The van der Waals surface area contributed by atoms with Crippen molar-refractivity contribution < 1.29 is 27.8 Å². The van der Waals surface area contributed by atoms with Crippen molar-refractivity contribution in [2.45, 2.75) is 25.3 Å². The van der Waals surface area contributed by atoms with Crippen LogP contribution < -0.4 is 10.9 Å². The molecule has 1 unspecified atom stereocenters. The van der Waals surface area contributed by atoms with Crippen LogP contribution in [-0.2, 0) is 22.5 Å². The Morgan fingerprint density at radius 2 is 1.85 bits per heavy atom. The van der Waals surface area contributed by atoms with Crippen LogP contribution in [-0.4, -0.2) is 65.2 Å². The predicted octanol–water partition coefficient (Wildman–Crippen LogP) is 2.55. The highest BCUT2D eigenvalue weighted by Crippen LogP contribution is 2.25. The van der Waals surface area contributed by atoms with Crippen LogP contribution in [0.4, 0.5) is 13.2 Å². The molecule has 1 amide bonds. The average molecular weight is 541 g/mol. The Morgan fingerprint density at radius 1 is 1.13 bits per heavy atom. The molecule has 204 valence electrons. The number of rotatable bonds is 8. The molecule has 39 heavy (non-hydrogen) atoms. The number of halogens is 3. The fraction of sp³-hybridized carbons (Fsp3) is 0.321. The number of morpholine rings is 1. The van der Waals surface area contributed by atoms with E-state index in [1.807, 2.05) is 24.3 Å². The number of nitrogens with one attached hydrogen (secondary N) is 2. The summed E-state index contributed by atoms with van der Waals surface area (Å²) < 4.78 is 45.5. The zero-order valence-corrected chi connectivity index (χ0v) is 20.9. The van der Waals surface area contributed by atoms with E-state index in [-0.39, 0.29) is 17.7 Å². The lowest BCUT2D eigenvalue weighted by molar-refractivity contribution is -0.123. The number of H-pyrrole nitrogens is 1. The SMILES string of the molecule is O=C(NCC(F)F)C(Cc1ccc(C#Cc2ccc(CN3CCOCC3)cc2)c(F)c1)c1nc[nH]c(=O)c1O. The molecule has 1 aliphatic rings. The van der Waals surface area contributed by atoms with E-state index in [4.69, 9.17) is 4.74 Å². The van der Waals surface area contributed by atoms with E-state index in [0.717, 1.165) is 50.3 Å². The molecule has 8 nitrogen and oxygen atoms in total. The molecule has 1 saturated heterocycles. The lowest BCUT2D eigenvalue weighted by atomic mass is 9.93. The Hall–Kier alpha value is -4.14. The third kappa shape index (κ3) is 7.69. The molecule has 0 saturated carbocycles. The van der Waals surface area contributed by atoms with Gasteiger partial charge in [-0.25, -0.2) is 18.2 Å². The minimum atomic E-state index is -2.80. The van der Waals surface area contributed by atoms with E-state index in [1.165, 1.54) is 18.2 Å². The number of aromatic hydroxyl groups is 1. The highest BCUT2D eigenvalue weighted by Gasteiger charge is 2.27. The summed E-state index contributed by atoms with van der Waals surface area (Å²) in [5.41, 5.74) is 1.13. The highest BCUT2D eigenvalue weighted by atomic mass is 19.3. The lowest BCUT2D eigenvalue weighted by Crippen LogP contribution is -2.35. The molecule has 3 N–H and O–H groups in total. The normalized spacial score (nSPS) is 14.5. The van der Waals surface area contributed by atoms with Gasteiger partial charge in [0.25, 0.3) is 12.0 Å². The van der Waals surface area contributed by atoms with Crippen LogP contribution in [0, 0.1) is 17.7 Å². The van der Waals surface area contributed by atoms with Gasteiger partial charge >= 0.3 is 0 Å². The standard InChI is InChI=1S/C28H27F3N4O4/c29-23-14-20(13-22(27(37)32-15-24(30)31)25-26(36)28(38)34-17-33-25)6-8-21(23)7-5-18-1-3-19(4-2-18)16-35-9-11-39-12-10-35/h1-4,6,8,14,17,22,24,36H,9-13,15-16H2,(H,32,37)(H,33,34,38). The van der Waals surface area contributed by atoms with Crippen LogP contribution in [0.2, 0.25) is 0 Å². The van der Waals surface area contributed by atoms with Gasteiger partial charge in [0, 0.05) is 25.2 Å². The fourth-order valence-corrected chi connectivity index (χ4v) is 4.15. The van der Waals surface area contributed by atoms with Crippen LogP contribution in [0.25, 0.3) is 0 Å². The van der Waals surface area contributed by atoms with Gasteiger partial charge in [0.2, 0.25) is 11.7 Å². The van der Waals surface area contributed by atoms with Crippen molar-refractivity contribution in [3.8, 4) is 17.6 Å². The predicted molar refractivity (Wildman–Crippen MR) is 137 cm³/mol. The quantitative estimate of drug-likeness (QED) is 0.379. The van der Waals surface area contributed by atoms with Crippen molar-refractivity contribution in [1.82, 2.24) is 20.2 Å². The maximum absolute atomic E-state index is 14.9. The van der Waals surface area contributed by atoms with Gasteiger partial charge in [-0.15, -0.1) is 0 Å². The summed E-state index contributed by atoms with van der Waals surface area (Å²) in [5, 5.41) is 12.2. The second-order valence-corrected chi connectivity index (χ2v) is 9.01. The molecular weight excluding hydrogens is 513 g/mol. The molecule has 11 heteroatoms. The summed E-state index contributed by atoms with van der Waals surface area (Å²) in [6.07, 6.45) is -2.01. The van der Waals surface area contributed by atoms with Gasteiger partial charge in [-0.3, -0.25) is 14.5 Å². The number of aromatic amines is 1. The Balaban J connectivity index is 1.48. The molecule has 3 aromatic rings. The van der Waals surface area contributed by atoms with Crippen molar-refractivity contribution in [3.05, 3.63) is 92.9 Å². The highest BCUT2D eigenvalue weighted by molar-refractivity contribution is 5.84. The monoisotopic (exact) mass is 540 g/mol. The lowest BCUT2D eigenvalue weighted by Gasteiger charge is -2.26.